The molecule has 0 saturated carbocycles. The molecule has 0 saturated heterocycles. The molecule has 0 fully saturated rings. The van der Waals surface area contributed by atoms with E-state index in [4.69, 9.17) is 0 Å². The van der Waals surface area contributed by atoms with Crippen LogP contribution in [0.2, 0.25) is 0 Å². The van der Waals surface area contributed by atoms with Crippen molar-refractivity contribution in [2.75, 3.05) is 5.75 Å². The van der Waals surface area contributed by atoms with E-state index in [1.54, 1.807) is 49.4 Å². The Hall–Kier alpha value is -2.40. The molecule has 0 aliphatic rings. The fourth-order valence-electron chi connectivity index (χ4n) is 2.26. The van der Waals surface area contributed by atoms with Crippen molar-refractivity contribution < 1.29 is 13.2 Å². The standard InChI is InChI=1S/C19H21NO3S/c1-4-15-6-8-17(9-7-15)19(21)20-14(3)16-10-12-18(13-11-16)24(22,23)5-2/h4,6-14H,1,5H2,2-3H3,(H,20,21). The average Bonchev–Trinajstić information content (AvgIpc) is 2.61. The number of carbonyl (C=O) groups is 1. The zero-order valence-corrected chi connectivity index (χ0v) is 14.6. The largest absolute Gasteiger partial charge is 0.346 e. The molecule has 0 spiro atoms. The highest BCUT2D eigenvalue weighted by molar-refractivity contribution is 7.91. The van der Waals surface area contributed by atoms with Gasteiger partial charge in [0.2, 0.25) is 0 Å². The highest BCUT2D eigenvalue weighted by atomic mass is 32.2. The average molecular weight is 343 g/mol. The van der Waals surface area contributed by atoms with Gasteiger partial charge in [0.1, 0.15) is 0 Å². The van der Waals surface area contributed by atoms with Gasteiger partial charge in [0, 0.05) is 5.56 Å². The third kappa shape index (κ3) is 4.11. The fraction of sp³-hybridized carbons (Fsp3) is 0.211. The lowest BCUT2D eigenvalue weighted by Gasteiger charge is -2.15. The molecule has 2 aromatic carbocycles. The Balaban J connectivity index is 2.09. The maximum atomic E-state index is 12.3. The Morgan fingerprint density at radius 1 is 1.12 bits per heavy atom. The summed E-state index contributed by atoms with van der Waals surface area (Å²) in [7, 11) is -3.21. The number of amides is 1. The highest BCUT2D eigenvalue weighted by Crippen LogP contribution is 2.18. The van der Waals surface area contributed by atoms with Crippen LogP contribution >= 0.6 is 0 Å². The summed E-state index contributed by atoms with van der Waals surface area (Å²) < 4.78 is 23.6. The summed E-state index contributed by atoms with van der Waals surface area (Å²) in [6, 6.07) is 13.5. The zero-order valence-electron chi connectivity index (χ0n) is 13.8. The Morgan fingerprint density at radius 3 is 2.21 bits per heavy atom. The molecule has 1 unspecified atom stereocenters. The van der Waals surface area contributed by atoms with Crippen LogP contribution in [-0.2, 0) is 9.84 Å². The molecule has 1 amide bonds. The number of nitrogens with one attached hydrogen (secondary N) is 1. The van der Waals surface area contributed by atoms with Crippen molar-refractivity contribution in [2.24, 2.45) is 0 Å². The number of rotatable bonds is 6. The zero-order chi connectivity index (χ0) is 17.7. The summed E-state index contributed by atoms with van der Waals surface area (Å²) >= 11 is 0. The van der Waals surface area contributed by atoms with Gasteiger partial charge in [-0.15, -0.1) is 0 Å². The van der Waals surface area contributed by atoms with Gasteiger partial charge < -0.3 is 5.32 Å². The first-order valence-corrected chi connectivity index (χ1v) is 9.38. The third-order valence-electron chi connectivity index (χ3n) is 3.88. The van der Waals surface area contributed by atoms with E-state index in [1.807, 2.05) is 19.1 Å². The lowest BCUT2D eigenvalue weighted by Crippen LogP contribution is -2.26. The Morgan fingerprint density at radius 2 is 1.71 bits per heavy atom. The second-order valence-corrected chi connectivity index (χ2v) is 7.77. The summed E-state index contributed by atoms with van der Waals surface area (Å²) in [5.74, 6) is -0.109. The number of benzene rings is 2. The molecule has 2 rings (SSSR count). The first-order valence-electron chi connectivity index (χ1n) is 7.73. The van der Waals surface area contributed by atoms with Crippen LogP contribution in [0.15, 0.2) is 60.0 Å². The summed E-state index contributed by atoms with van der Waals surface area (Å²) in [6.45, 7) is 7.16. The van der Waals surface area contributed by atoms with E-state index < -0.39 is 9.84 Å². The van der Waals surface area contributed by atoms with Gasteiger partial charge in [-0.2, -0.15) is 0 Å². The van der Waals surface area contributed by atoms with Gasteiger partial charge in [0.15, 0.2) is 9.84 Å². The predicted molar refractivity (Wildman–Crippen MR) is 96.6 cm³/mol. The molecule has 0 radical (unpaired) electrons. The molecule has 126 valence electrons. The van der Waals surface area contributed by atoms with Crippen molar-refractivity contribution in [3.8, 4) is 0 Å². The minimum Gasteiger partial charge on any atom is -0.346 e. The summed E-state index contributed by atoms with van der Waals surface area (Å²) in [4.78, 5) is 12.6. The third-order valence-corrected chi connectivity index (χ3v) is 5.63. The number of hydrogen-bond donors (Lipinski definition) is 1. The van der Waals surface area contributed by atoms with E-state index in [0.29, 0.717) is 10.5 Å². The molecule has 5 heteroatoms. The molecule has 0 bridgehead atoms. The molecule has 0 aliphatic carbocycles. The van der Waals surface area contributed by atoms with Gasteiger partial charge in [-0.1, -0.05) is 43.8 Å². The molecule has 4 nitrogen and oxygen atoms in total. The van der Waals surface area contributed by atoms with Gasteiger partial charge in [-0.05, 0) is 42.3 Å². The number of sulfone groups is 1. The predicted octanol–water partition coefficient (Wildman–Crippen LogP) is 3.61. The van der Waals surface area contributed by atoms with Crippen LogP contribution < -0.4 is 5.32 Å². The number of hydrogen-bond acceptors (Lipinski definition) is 3. The summed E-state index contributed by atoms with van der Waals surface area (Å²) in [6.07, 6.45) is 1.72. The molecule has 0 aromatic heterocycles. The van der Waals surface area contributed by atoms with Gasteiger partial charge >= 0.3 is 0 Å². The van der Waals surface area contributed by atoms with E-state index in [9.17, 15) is 13.2 Å². The maximum absolute atomic E-state index is 12.3. The minimum absolute atomic E-state index is 0.0688. The van der Waals surface area contributed by atoms with Crippen molar-refractivity contribution >= 4 is 21.8 Å². The lowest BCUT2D eigenvalue weighted by atomic mass is 10.1. The molecule has 1 atom stereocenters. The lowest BCUT2D eigenvalue weighted by molar-refractivity contribution is 0.0940. The van der Waals surface area contributed by atoms with Crippen molar-refractivity contribution in [2.45, 2.75) is 24.8 Å². The quantitative estimate of drug-likeness (QED) is 0.871. The molecule has 0 heterocycles. The van der Waals surface area contributed by atoms with Crippen molar-refractivity contribution in [1.82, 2.24) is 5.32 Å². The van der Waals surface area contributed by atoms with Crippen molar-refractivity contribution in [3.63, 3.8) is 0 Å². The first kappa shape index (κ1) is 17.9. The Bertz CT molecular complexity index is 822. The van der Waals surface area contributed by atoms with Gasteiger partial charge in [0.25, 0.3) is 5.91 Å². The van der Waals surface area contributed by atoms with E-state index >= 15 is 0 Å². The minimum atomic E-state index is -3.21. The monoisotopic (exact) mass is 343 g/mol. The maximum Gasteiger partial charge on any atom is 0.251 e. The second-order valence-electron chi connectivity index (χ2n) is 5.49. The molecular weight excluding hydrogens is 322 g/mol. The van der Waals surface area contributed by atoms with Crippen LogP contribution in [0, 0.1) is 0 Å². The smallest absolute Gasteiger partial charge is 0.251 e. The van der Waals surface area contributed by atoms with Crippen LogP contribution in [-0.4, -0.2) is 20.1 Å². The SMILES string of the molecule is C=Cc1ccc(C(=O)NC(C)c2ccc(S(=O)(=O)CC)cc2)cc1. The Kier molecular flexibility index (Phi) is 5.57. The van der Waals surface area contributed by atoms with E-state index in [-0.39, 0.29) is 17.7 Å². The van der Waals surface area contributed by atoms with Crippen LogP contribution in [0.4, 0.5) is 0 Å². The van der Waals surface area contributed by atoms with Crippen LogP contribution in [0.3, 0.4) is 0 Å². The topological polar surface area (TPSA) is 63.2 Å². The van der Waals surface area contributed by atoms with Gasteiger partial charge in [-0.25, -0.2) is 8.42 Å². The normalized spacial score (nSPS) is 12.4. The van der Waals surface area contributed by atoms with E-state index in [2.05, 4.69) is 11.9 Å². The fourth-order valence-corrected chi connectivity index (χ4v) is 3.15. The van der Waals surface area contributed by atoms with Gasteiger partial charge in [0.05, 0.1) is 16.7 Å². The van der Waals surface area contributed by atoms with E-state index in [0.717, 1.165) is 11.1 Å². The van der Waals surface area contributed by atoms with E-state index in [1.165, 1.54) is 0 Å². The Labute approximate surface area is 143 Å². The highest BCUT2D eigenvalue weighted by Gasteiger charge is 2.14. The number of carbonyl (C=O) groups excluding carboxylic acids is 1. The first-order chi connectivity index (χ1) is 11.4. The summed E-state index contributed by atoms with van der Waals surface area (Å²) in [5.41, 5.74) is 2.37. The molecular formula is C19H21NO3S. The molecule has 24 heavy (non-hydrogen) atoms. The van der Waals surface area contributed by atoms with Crippen molar-refractivity contribution in [1.29, 1.82) is 0 Å². The molecule has 1 N–H and O–H groups in total. The molecule has 0 aliphatic heterocycles. The second kappa shape index (κ2) is 7.45. The van der Waals surface area contributed by atoms with Crippen LogP contribution in [0.1, 0.15) is 41.4 Å². The molecule has 2 aromatic rings. The van der Waals surface area contributed by atoms with Gasteiger partial charge in [-0.3, -0.25) is 4.79 Å². The van der Waals surface area contributed by atoms with Crippen molar-refractivity contribution in [3.05, 3.63) is 71.8 Å². The summed E-state index contributed by atoms with van der Waals surface area (Å²) in [5, 5.41) is 2.91. The van der Waals surface area contributed by atoms with Crippen LogP contribution in [0.5, 0.6) is 0 Å². The van der Waals surface area contributed by atoms with Crippen LogP contribution in [0.25, 0.3) is 6.08 Å².